The van der Waals surface area contributed by atoms with E-state index in [1.165, 1.54) is 11.1 Å². The maximum atomic E-state index is 5.40. The van der Waals surface area contributed by atoms with E-state index in [0.717, 1.165) is 12.5 Å². The maximum Gasteiger partial charge on any atom is 0.191 e. The van der Waals surface area contributed by atoms with E-state index in [2.05, 4.69) is 60.7 Å². The topological polar surface area (TPSA) is 45.7 Å². The van der Waals surface area contributed by atoms with Crippen LogP contribution in [0.1, 0.15) is 45.7 Å². The molecule has 0 atom stereocenters. The first-order chi connectivity index (χ1) is 10.2. The van der Waals surface area contributed by atoms with Crippen molar-refractivity contribution in [1.82, 2.24) is 10.6 Å². The lowest BCUT2D eigenvalue weighted by Gasteiger charge is -2.24. The number of hydrogen-bond acceptors (Lipinski definition) is 2. The van der Waals surface area contributed by atoms with Crippen LogP contribution in [0.4, 0.5) is 0 Å². The molecule has 0 aromatic heterocycles. The summed E-state index contributed by atoms with van der Waals surface area (Å²) in [5.41, 5.74) is 2.56. The predicted molar refractivity (Wildman–Crippen MR) is 110 cm³/mol. The molecule has 0 unspecified atom stereocenters. The first-order valence-corrected chi connectivity index (χ1v) is 7.77. The van der Waals surface area contributed by atoms with E-state index in [-0.39, 0.29) is 35.0 Å². The third-order valence-corrected chi connectivity index (χ3v) is 3.74. The van der Waals surface area contributed by atoms with Gasteiger partial charge in [0.25, 0.3) is 0 Å². The molecule has 0 fully saturated rings. The summed E-state index contributed by atoms with van der Waals surface area (Å²) in [7, 11) is 3.49. The van der Waals surface area contributed by atoms with E-state index < -0.39 is 0 Å². The van der Waals surface area contributed by atoms with Gasteiger partial charge in [-0.3, -0.25) is 4.99 Å². The van der Waals surface area contributed by atoms with Crippen molar-refractivity contribution < 1.29 is 4.74 Å². The Labute approximate surface area is 158 Å². The van der Waals surface area contributed by atoms with Crippen LogP contribution in [0.2, 0.25) is 0 Å². The molecule has 0 aliphatic rings. The lowest BCUT2D eigenvalue weighted by Crippen LogP contribution is -2.45. The molecular weight excluding hydrogens is 401 g/mol. The number of methoxy groups -OCH3 is 1. The van der Waals surface area contributed by atoms with Crippen LogP contribution in [-0.2, 0) is 16.7 Å². The number of guanidine groups is 1. The molecule has 23 heavy (non-hydrogen) atoms. The third-order valence-electron chi connectivity index (χ3n) is 3.74. The van der Waals surface area contributed by atoms with E-state index in [4.69, 9.17) is 4.74 Å². The van der Waals surface area contributed by atoms with Crippen molar-refractivity contribution in [3.63, 3.8) is 0 Å². The average molecular weight is 433 g/mol. The van der Waals surface area contributed by atoms with Crippen molar-refractivity contribution in [2.45, 2.75) is 52.2 Å². The van der Waals surface area contributed by atoms with Gasteiger partial charge in [-0.1, -0.05) is 45.0 Å². The number of halogens is 1. The van der Waals surface area contributed by atoms with Gasteiger partial charge in [-0.15, -0.1) is 24.0 Å². The molecular formula is C18H32IN3O. The molecule has 2 N–H and O–H groups in total. The molecule has 0 saturated carbocycles. The Kier molecular flexibility index (Phi) is 9.13. The van der Waals surface area contributed by atoms with Gasteiger partial charge in [-0.2, -0.15) is 0 Å². The maximum absolute atomic E-state index is 5.40. The van der Waals surface area contributed by atoms with Crippen molar-refractivity contribution >= 4 is 29.9 Å². The summed E-state index contributed by atoms with van der Waals surface area (Å²) in [4.78, 5) is 4.24. The van der Waals surface area contributed by atoms with Gasteiger partial charge in [0.15, 0.2) is 5.96 Å². The second-order valence-electron chi connectivity index (χ2n) is 7.19. The van der Waals surface area contributed by atoms with Gasteiger partial charge in [-0.25, -0.2) is 0 Å². The smallest absolute Gasteiger partial charge is 0.191 e. The Bertz CT molecular complexity index is 490. The largest absolute Gasteiger partial charge is 0.377 e. The van der Waals surface area contributed by atoms with Gasteiger partial charge in [0.2, 0.25) is 0 Å². The Morgan fingerprint density at radius 3 is 2.04 bits per heavy atom. The SMILES string of the molecule is CN=C(NCc1ccc(C(C)(C)C)cc1)NCC(C)(C)OC.I. The molecule has 1 aromatic carbocycles. The van der Waals surface area contributed by atoms with E-state index in [1.807, 2.05) is 13.8 Å². The number of nitrogens with one attached hydrogen (secondary N) is 2. The van der Waals surface area contributed by atoms with Crippen molar-refractivity contribution in [2.75, 3.05) is 20.7 Å². The minimum atomic E-state index is -0.216. The molecule has 0 bridgehead atoms. The Balaban J connectivity index is 0.00000484. The number of benzene rings is 1. The van der Waals surface area contributed by atoms with Crippen LogP contribution in [-0.4, -0.2) is 32.3 Å². The first kappa shape index (κ1) is 22.2. The Hall–Kier alpha value is -0.820. The van der Waals surface area contributed by atoms with E-state index >= 15 is 0 Å². The molecule has 0 heterocycles. The normalized spacial score (nSPS) is 12.6. The highest BCUT2D eigenvalue weighted by molar-refractivity contribution is 14.0. The van der Waals surface area contributed by atoms with E-state index in [9.17, 15) is 0 Å². The van der Waals surface area contributed by atoms with Crippen LogP contribution in [0.3, 0.4) is 0 Å². The summed E-state index contributed by atoms with van der Waals surface area (Å²) >= 11 is 0. The number of nitrogens with zero attached hydrogens (tertiary/aromatic N) is 1. The predicted octanol–water partition coefficient (Wildman–Crippen LogP) is 3.69. The van der Waals surface area contributed by atoms with Gasteiger partial charge in [0, 0.05) is 27.2 Å². The molecule has 0 amide bonds. The summed E-state index contributed by atoms with van der Waals surface area (Å²) in [6.45, 7) is 12.2. The lowest BCUT2D eigenvalue weighted by atomic mass is 9.87. The van der Waals surface area contributed by atoms with Gasteiger partial charge >= 0.3 is 0 Å². The summed E-state index contributed by atoms with van der Waals surface area (Å²) < 4.78 is 5.40. The number of rotatable bonds is 5. The highest BCUT2D eigenvalue weighted by atomic mass is 127. The molecule has 4 nitrogen and oxygen atoms in total. The van der Waals surface area contributed by atoms with Gasteiger partial charge in [0.1, 0.15) is 0 Å². The molecule has 132 valence electrons. The van der Waals surface area contributed by atoms with Crippen molar-refractivity contribution in [2.24, 2.45) is 4.99 Å². The van der Waals surface area contributed by atoms with Crippen molar-refractivity contribution in [1.29, 1.82) is 0 Å². The van der Waals surface area contributed by atoms with Crippen LogP contribution >= 0.6 is 24.0 Å². The fourth-order valence-corrected chi connectivity index (χ4v) is 1.90. The highest BCUT2D eigenvalue weighted by Crippen LogP contribution is 2.22. The number of ether oxygens (including phenoxy) is 1. The second kappa shape index (κ2) is 9.47. The zero-order valence-electron chi connectivity index (χ0n) is 15.5. The fraction of sp³-hybridized carbons (Fsp3) is 0.611. The summed E-state index contributed by atoms with van der Waals surface area (Å²) in [5.74, 6) is 0.782. The third kappa shape index (κ3) is 8.01. The minimum Gasteiger partial charge on any atom is -0.377 e. The first-order valence-electron chi connectivity index (χ1n) is 7.77. The molecule has 0 radical (unpaired) electrons. The van der Waals surface area contributed by atoms with Crippen LogP contribution in [0.15, 0.2) is 29.3 Å². The van der Waals surface area contributed by atoms with Gasteiger partial charge in [-0.05, 0) is 30.4 Å². The molecule has 1 aromatic rings. The van der Waals surface area contributed by atoms with Gasteiger partial charge < -0.3 is 15.4 Å². The Morgan fingerprint density at radius 2 is 1.61 bits per heavy atom. The van der Waals surface area contributed by atoms with E-state index in [0.29, 0.717) is 6.54 Å². The molecule has 1 rings (SSSR count). The van der Waals surface area contributed by atoms with E-state index in [1.54, 1.807) is 14.2 Å². The molecule has 0 aliphatic heterocycles. The zero-order chi connectivity index (χ0) is 16.8. The molecule has 5 heteroatoms. The lowest BCUT2D eigenvalue weighted by molar-refractivity contribution is 0.0268. The second-order valence-corrected chi connectivity index (χ2v) is 7.19. The van der Waals surface area contributed by atoms with Crippen LogP contribution in [0.25, 0.3) is 0 Å². The summed E-state index contributed by atoms with van der Waals surface area (Å²) in [5, 5.41) is 6.60. The fourth-order valence-electron chi connectivity index (χ4n) is 1.90. The van der Waals surface area contributed by atoms with Gasteiger partial charge in [0.05, 0.1) is 5.60 Å². The average Bonchev–Trinajstić information content (AvgIpc) is 2.47. The summed E-state index contributed by atoms with van der Waals surface area (Å²) in [6.07, 6.45) is 0. The van der Waals surface area contributed by atoms with Crippen LogP contribution in [0, 0.1) is 0 Å². The molecule has 0 saturated heterocycles. The minimum absolute atomic E-state index is 0. The summed E-state index contributed by atoms with van der Waals surface area (Å²) in [6, 6.07) is 8.72. The molecule has 0 spiro atoms. The molecule has 0 aliphatic carbocycles. The van der Waals surface area contributed by atoms with Crippen molar-refractivity contribution in [3.8, 4) is 0 Å². The monoisotopic (exact) mass is 433 g/mol. The van der Waals surface area contributed by atoms with Crippen LogP contribution < -0.4 is 10.6 Å². The number of hydrogen-bond donors (Lipinski definition) is 2. The zero-order valence-corrected chi connectivity index (χ0v) is 17.8. The Morgan fingerprint density at radius 1 is 1.04 bits per heavy atom. The number of aliphatic imine (C=N–C) groups is 1. The van der Waals surface area contributed by atoms with Crippen molar-refractivity contribution in [3.05, 3.63) is 35.4 Å². The highest BCUT2D eigenvalue weighted by Gasteiger charge is 2.16. The standard InChI is InChI=1S/C18H31N3O.HI/c1-17(2,3)15-10-8-14(9-11-15)12-20-16(19-6)21-13-18(4,5)22-7;/h8-11H,12-13H2,1-7H3,(H2,19,20,21);1H. The quantitative estimate of drug-likeness (QED) is 0.423. The van der Waals surface area contributed by atoms with Crippen LogP contribution in [0.5, 0.6) is 0 Å².